The molecule has 6 heteroatoms. The molecule has 1 N–H and O–H groups in total. The van der Waals surface area contributed by atoms with Gasteiger partial charge in [-0.15, -0.1) is 17.8 Å². The average Bonchev–Trinajstić information content (AvgIpc) is 2.72. The van der Waals surface area contributed by atoms with Crippen molar-refractivity contribution in [2.75, 3.05) is 20.1 Å². The van der Waals surface area contributed by atoms with Crippen molar-refractivity contribution in [3.05, 3.63) is 15.8 Å². The van der Waals surface area contributed by atoms with Crippen molar-refractivity contribution in [2.45, 2.75) is 31.7 Å². The van der Waals surface area contributed by atoms with Crippen LogP contribution in [0.5, 0.6) is 0 Å². The van der Waals surface area contributed by atoms with Crippen LogP contribution in [-0.2, 0) is 16.6 Å². The second kappa shape index (κ2) is 7.06. The van der Waals surface area contributed by atoms with Crippen LogP contribution in [0.15, 0.2) is 11.0 Å². The van der Waals surface area contributed by atoms with E-state index in [-0.39, 0.29) is 6.54 Å². The molecule has 1 aromatic rings. The summed E-state index contributed by atoms with van der Waals surface area (Å²) in [5.41, 5.74) is 0. The fourth-order valence-electron chi connectivity index (χ4n) is 1.64. The summed E-state index contributed by atoms with van der Waals surface area (Å²) in [6, 6.07) is 1.74. The summed E-state index contributed by atoms with van der Waals surface area (Å²) in [6.07, 6.45) is 6.22. The number of hydrogen-bond donors (Lipinski definition) is 1. The predicted molar refractivity (Wildman–Crippen MR) is 79.7 cm³/mol. The lowest BCUT2D eigenvalue weighted by atomic mass is 10.4. The van der Waals surface area contributed by atoms with Gasteiger partial charge >= 0.3 is 0 Å². The quantitative estimate of drug-likeness (QED) is 0.617. The molecule has 0 saturated carbocycles. The van der Waals surface area contributed by atoms with Gasteiger partial charge in [0.1, 0.15) is 0 Å². The number of hydrogen-bond acceptors (Lipinski definition) is 4. The van der Waals surface area contributed by atoms with Gasteiger partial charge < -0.3 is 5.32 Å². The summed E-state index contributed by atoms with van der Waals surface area (Å²) in [4.78, 5) is 2.19. The highest BCUT2D eigenvalue weighted by atomic mass is 32.2. The number of terminal acetylenes is 1. The van der Waals surface area contributed by atoms with Crippen LogP contribution in [0.4, 0.5) is 0 Å². The van der Waals surface area contributed by atoms with E-state index in [0.29, 0.717) is 11.4 Å². The number of aryl methyl sites for hydroxylation is 1. The van der Waals surface area contributed by atoms with Crippen molar-refractivity contribution in [2.24, 2.45) is 0 Å². The maximum Gasteiger partial charge on any atom is 0.244 e. The van der Waals surface area contributed by atoms with E-state index in [1.165, 1.54) is 22.7 Å². The van der Waals surface area contributed by atoms with Gasteiger partial charge in [0.05, 0.1) is 11.4 Å². The van der Waals surface area contributed by atoms with E-state index in [9.17, 15) is 8.42 Å². The number of rotatable bonds is 7. The topological polar surface area (TPSA) is 49.4 Å². The van der Waals surface area contributed by atoms with Crippen LogP contribution < -0.4 is 5.32 Å². The molecule has 0 saturated heterocycles. The lowest BCUT2D eigenvalue weighted by Gasteiger charge is -2.13. The predicted octanol–water partition coefficient (Wildman–Crippen LogP) is 1.81. The third-order valence-electron chi connectivity index (χ3n) is 2.65. The van der Waals surface area contributed by atoms with Gasteiger partial charge in [-0.05, 0) is 26.0 Å². The smallest absolute Gasteiger partial charge is 0.244 e. The molecular formula is C13H20N2O2S2. The fourth-order valence-corrected chi connectivity index (χ4v) is 4.29. The van der Waals surface area contributed by atoms with Crippen molar-refractivity contribution >= 4 is 21.4 Å². The van der Waals surface area contributed by atoms with Gasteiger partial charge in [0.2, 0.25) is 10.0 Å². The van der Waals surface area contributed by atoms with Gasteiger partial charge in [-0.3, -0.25) is 0 Å². The highest BCUT2D eigenvalue weighted by Crippen LogP contribution is 2.27. The minimum absolute atomic E-state index is 0.0844. The Balaban J connectivity index is 2.92. The summed E-state index contributed by atoms with van der Waals surface area (Å²) in [7, 11) is -1.97. The largest absolute Gasteiger partial charge is 0.312 e. The van der Waals surface area contributed by atoms with Crippen LogP contribution >= 0.6 is 11.3 Å². The van der Waals surface area contributed by atoms with Gasteiger partial charge in [0.25, 0.3) is 0 Å². The molecule has 106 valence electrons. The van der Waals surface area contributed by atoms with Gasteiger partial charge in [0, 0.05) is 23.3 Å². The Kier molecular flexibility index (Phi) is 6.01. The number of nitrogens with one attached hydrogen (secondary N) is 1. The minimum atomic E-state index is -3.47. The molecule has 0 unspecified atom stereocenters. The maximum absolute atomic E-state index is 12.3. The standard InChI is InChI=1S/C13H20N2O2S2/c1-5-7-14-10-12-9-13(11(3)18-12)19(16,17)15(4)8-6-2/h2,9,14H,5,7-8,10H2,1,3-4H3. The van der Waals surface area contributed by atoms with Crippen LogP contribution in [0.1, 0.15) is 23.1 Å². The number of nitrogens with zero attached hydrogens (tertiary/aromatic N) is 1. The molecule has 1 heterocycles. The van der Waals surface area contributed by atoms with Crippen LogP contribution in [0.2, 0.25) is 0 Å². The highest BCUT2D eigenvalue weighted by Gasteiger charge is 2.24. The van der Waals surface area contributed by atoms with Crippen LogP contribution in [0.3, 0.4) is 0 Å². The third-order valence-corrected chi connectivity index (χ3v) is 5.76. The zero-order chi connectivity index (χ0) is 14.5. The van der Waals surface area contributed by atoms with E-state index in [2.05, 4.69) is 18.2 Å². The van der Waals surface area contributed by atoms with E-state index in [4.69, 9.17) is 6.42 Å². The van der Waals surface area contributed by atoms with Crippen molar-refractivity contribution in [1.82, 2.24) is 9.62 Å². The SMILES string of the molecule is C#CCN(C)S(=O)(=O)c1cc(CNCCC)sc1C. The minimum Gasteiger partial charge on any atom is -0.312 e. The number of sulfonamides is 1. The first-order valence-electron chi connectivity index (χ1n) is 6.13. The van der Waals surface area contributed by atoms with Crippen molar-refractivity contribution in [3.63, 3.8) is 0 Å². The zero-order valence-electron chi connectivity index (χ0n) is 11.6. The highest BCUT2D eigenvalue weighted by molar-refractivity contribution is 7.89. The Morgan fingerprint density at radius 1 is 1.53 bits per heavy atom. The molecule has 19 heavy (non-hydrogen) atoms. The summed E-state index contributed by atoms with van der Waals surface area (Å²) in [5, 5.41) is 3.27. The Morgan fingerprint density at radius 2 is 2.21 bits per heavy atom. The molecule has 0 aliphatic rings. The van der Waals surface area contributed by atoms with Gasteiger partial charge in [-0.2, -0.15) is 4.31 Å². The second-order valence-electron chi connectivity index (χ2n) is 4.28. The summed E-state index contributed by atoms with van der Waals surface area (Å²) < 4.78 is 25.8. The lowest BCUT2D eigenvalue weighted by Crippen LogP contribution is -2.27. The monoisotopic (exact) mass is 300 g/mol. The molecule has 0 bridgehead atoms. The van der Waals surface area contributed by atoms with Crippen molar-refractivity contribution in [1.29, 1.82) is 0 Å². The first kappa shape index (κ1) is 16.2. The first-order chi connectivity index (χ1) is 8.93. The van der Waals surface area contributed by atoms with Crippen molar-refractivity contribution in [3.8, 4) is 12.3 Å². The van der Waals surface area contributed by atoms with Crippen molar-refractivity contribution < 1.29 is 8.42 Å². The van der Waals surface area contributed by atoms with E-state index < -0.39 is 10.0 Å². The van der Waals surface area contributed by atoms with E-state index >= 15 is 0 Å². The molecule has 4 nitrogen and oxygen atoms in total. The fraction of sp³-hybridized carbons (Fsp3) is 0.538. The van der Waals surface area contributed by atoms with E-state index in [1.54, 1.807) is 6.07 Å². The molecule has 1 rings (SSSR count). The maximum atomic E-state index is 12.3. The Bertz CT molecular complexity index is 556. The molecule has 0 atom stereocenters. The average molecular weight is 300 g/mol. The van der Waals surface area contributed by atoms with E-state index in [1.807, 2.05) is 6.92 Å². The van der Waals surface area contributed by atoms with Gasteiger partial charge in [0.15, 0.2) is 0 Å². The van der Waals surface area contributed by atoms with Gasteiger partial charge in [-0.25, -0.2) is 8.42 Å². The summed E-state index contributed by atoms with van der Waals surface area (Å²) >= 11 is 1.51. The summed E-state index contributed by atoms with van der Waals surface area (Å²) in [5.74, 6) is 2.35. The van der Waals surface area contributed by atoms with E-state index in [0.717, 1.165) is 22.7 Å². The Labute approximate surface area is 119 Å². The Morgan fingerprint density at radius 3 is 2.79 bits per heavy atom. The van der Waals surface area contributed by atoms with Crippen LogP contribution in [0.25, 0.3) is 0 Å². The molecular weight excluding hydrogens is 280 g/mol. The Hall–Kier alpha value is -0.870. The molecule has 0 aliphatic carbocycles. The molecule has 0 spiro atoms. The van der Waals surface area contributed by atoms with Crippen LogP contribution in [-0.4, -0.2) is 32.9 Å². The van der Waals surface area contributed by atoms with Crippen LogP contribution in [0, 0.1) is 19.3 Å². The molecule has 1 aromatic heterocycles. The molecule has 0 amide bonds. The molecule has 0 fully saturated rings. The summed E-state index contributed by atoms with van der Waals surface area (Å²) in [6.45, 7) is 5.63. The first-order valence-corrected chi connectivity index (χ1v) is 8.39. The third kappa shape index (κ3) is 4.05. The second-order valence-corrected chi connectivity index (χ2v) is 7.63. The molecule has 0 aliphatic heterocycles. The molecule has 0 aromatic carbocycles. The normalized spacial score (nSPS) is 11.7. The zero-order valence-corrected chi connectivity index (χ0v) is 13.2. The lowest BCUT2D eigenvalue weighted by molar-refractivity contribution is 0.503. The van der Waals surface area contributed by atoms with Gasteiger partial charge in [-0.1, -0.05) is 12.8 Å². The number of thiophene rings is 1. The molecule has 0 radical (unpaired) electrons.